The van der Waals surface area contributed by atoms with Crippen molar-refractivity contribution in [1.29, 1.82) is 5.26 Å². The molecule has 0 bridgehead atoms. The molecule has 1 N–H and O–H groups in total. The van der Waals surface area contributed by atoms with Crippen molar-refractivity contribution in [2.75, 3.05) is 5.32 Å². The smallest absolute Gasteiger partial charge is 0.181 e. The minimum atomic E-state index is -0.529. The van der Waals surface area contributed by atoms with Crippen LogP contribution in [0.4, 0.5) is 10.1 Å². The first kappa shape index (κ1) is 7.83. The third kappa shape index (κ3) is 1.60. The van der Waals surface area contributed by atoms with E-state index in [1.807, 2.05) is 0 Å². The number of rotatable bonds is 1. The van der Waals surface area contributed by atoms with Crippen LogP contribution in [-0.4, -0.2) is 0 Å². The molecule has 0 amide bonds. The van der Waals surface area contributed by atoms with Gasteiger partial charge in [-0.15, -0.1) is 0 Å². The molecule has 1 aromatic rings. The number of hydrogen-bond donors (Lipinski definition) is 1. The molecule has 0 aliphatic heterocycles. The van der Waals surface area contributed by atoms with Crippen LogP contribution in [0.3, 0.4) is 0 Å². The van der Waals surface area contributed by atoms with E-state index in [0.717, 1.165) is 0 Å². The van der Waals surface area contributed by atoms with Gasteiger partial charge >= 0.3 is 0 Å². The first-order valence-electron chi connectivity index (χ1n) is 2.85. The number of hydrogen-bond acceptors (Lipinski definition) is 2. The molecule has 0 fully saturated rings. The Morgan fingerprint density at radius 2 is 2.27 bits per heavy atom. The highest BCUT2D eigenvalue weighted by Gasteiger charge is 2.03. The maximum atomic E-state index is 12.7. The fraction of sp³-hybridized carbons (Fsp3) is 0. The zero-order chi connectivity index (χ0) is 8.27. The third-order valence-electron chi connectivity index (χ3n) is 1.14. The Bertz CT molecular complexity index is 286. The van der Waals surface area contributed by atoms with E-state index in [1.165, 1.54) is 18.2 Å². The molecule has 56 valence electrons. The van der Waals surface area contributed by atoms with Crippen LogP contribution in [0.5, 0.6) is 0 Å². The summed E-state index contributed by atoms with van der Waals surface area (Å²) in [7, 11) is 0. The zero-order valence-corrected chi connectivity index (χ0v) is 6.19. The molecule has 0 saturated heterocycles. The Balaban J connectivity index is 3.12. The molecule has 0 radical (unpaired) electrons. The van der Waals surface area contributed by atoms with Crippen molar-refractivity contribution in [3.63, 3.8) is 0 Å². The normalized spacial score (nSPS) is 8.82. The van der Waals surface area contributed by atoms with E-state index in [9.17, 15) is 4.39 Å². The summed E-state index contributed by atoms with van der Waals surface area (Å²) in [5.74, 6) is -0.529. The van der Waals surface area contributed by atoms with Gasteiger partial charge in [-0.05, 0) is 12.1 Å². The van der Waals surface area contributed by atoms with Gasteiger partial charge in [-0.2, -0.15) is 5.26 Å². The summed E-state index contributed by atoms with van der Waals surface area (Å²) >= 11 is 5.55. The van der Waals surface area contributed by atoms with Gasteiger partial charge in [0, 0.05) is 0 Å². The number of anilines is 1. The summed E-state index contributed by atoms with van der Waals surface area (Å²) in [5.41, 5.74) is 0.0247. The second-order valence-electron chi connectivity index (χ2n) is 1.83. The summed E-state index contributed by atoms with van der Waals surface area (Å²) in [4.78, 5) is 0. The van der Waals surface area contributed by atoms with E-state index < -0.39 is 5.82 Å². The molecule has 0 spiro atoms. The van der Waals surface area contributed by atoms with Gasteiger partial charge in [0.25, 0.3) is 0 Å². The molecule has 2 nitrogen and oxygen atoms in total. The highest BCUT2D eigenvalue weighted by atomic mass is 35.5. The molecule has 0 aromatic heterocycles. The van der Waals surface area contributed by atoms with Gasteiger partial charge in [0.1, 0.15) is 11.5 Å². The first-order chi connectivity index (χ1) is 5.25. The van der Waals surface area contributed by atoms with Crippen LogP contribution in [0.1, 0.15) is 0 Å². The van der Waals surface area contributed by atoms with E-state index in [4.69, 9.17) is 16.9 Å². The Morgan fingerprint density at radius 3 is 2.82 bits per heavy atom. The Hall–Kier alpha value is -1.27. The lowest BCUT2D eigenvalue weighted by Crippen LogP contribution is -1.91. The van der Waals surface area contributed by atoms with E-state index in [2.05, 4.69) is 5.32 Å². The summed E-state index contributed by atoms with van der Waals surface area (Å²) in [6.45, 7) is 0. The second-order valence-corrected chi connectivity index (χ2v) is 2.24. The maximum absolute atomic E-state index is 12.7. The second kappa shape index (κ2) is 3.22. The van der Waals surface area contributed by atoms with E-state index >= 15 is 0 Å². The van der Waals surface area contributed by atoms with Crippen LogP contribution >= 0.6 is 11.6 Å². The molecule has 0 aliphatic carbocycles. The topological polar surface area (TPSA) is 35.8 Å². The quantitative estimate of drug-likeness (QED) is 0.519. The largest absolute Gasteiger partial charge is 0.289 e. The van der Waals surface area contributed by atoms with Crippen LogP contribution < -0.4 is 5.32 Å². The summed E-state index contributed by atoms with van der Waals surface area (Å²) < 4.78 is 12.7. The molecular formula is C7H4ClFN2. The van der Waals surface area contributed by atoms with E-state index in [1.54, 1.807) is 6.19 Å². The summed E-state index contributed by atoms with van der Waals surface area (Å²) in [5, 5.41) is 10.5. The standard InChI is InChI=1S/C7H4ClFN2/c8-5-2-1-3-6(9)7(5)11-4-10/h1-3,11H. The Morgan fingerprint density at radius 1 is 1.55 bits per heavy atom. The Labute approximate surface area is 68.2 Å². The molecular weight excluding hydrogens is 167 g/mol. The third-order valence-corrected chi connectivity index (χ3v) is 1.46. The molecule has 0 saturated carbocycles. The van der Waals surface area contributed by atoms with Crippen LogP contribution in [0, 0.1) is 17.3 Å². The maximum Gasteiger partial charge on any atom is 0.181 e. The van der Waals surface area contributed by atoms with E-state index in [-0.39, 0.29) is 10.7 Å². The van der Waals surface area contributed by atoms with Gasteiger partial charge < -0.3 is 0 Å². The van der Waals surface area contributed by atoms with Gasteiger partial charge in [-0.25, -0.2) is 4.39 Å². The van der Waals surface area contributed by atoms with Crippen LogP contribution in [-0.2, 0) is 0 Å². The molecule has 0 heterocycles. The minimum absolute atomic E-state index is 0.0247. The lowest BCUT2D eigenvalue weighted by atomic mass is 10.3. The number of benzene rings is 1. The summed E-state index contributed by atoms with van der Waals surface area (Å²) in [6.07, 6.45) is 1.59. The van der Waals surface area contributed by atoms with Crippen molar-refractivity contribution in [1.82, 2.24) is 0 Å². The molecule has 4 heteroatoms. The lowest BCUT2D eigenvalue weighted by Gasteiger charge is -2.00. The van der Waals surface area contributed by atoms with Crippen molar-refractivity contribution in [3.05, 3.63) is 29.0 Å². The number of para-hydroxylation sites is 1. The first-order valence-corrected chi connectivity index (χ1v) is 3.22. The van der Waals surface area contributed by atoms with Gasteiger partial charge in [0.15, 0.2) is 6.19 Å². The number of nitriles is 1. The number of halogens is 2. The van der Waals surface area contributed by atoms with Crippen LogP contribution in [0.25, 0.3) is 0 Å². The average molecular weight is 171 g/mol. The highest BCUT2D eigenvalue weighted by molar-refractivity contribution is 6.33. The van der Waals surface area contributed by atoms with Crippen molar-refractivity contribution < 1.29 is 4.39 Å². The van der Waals surface area contributed by atoms with Crippen LogP contribution in [0.15, 0.2) is 18.2 Å². The lowest BCUT2D eigenvalue weighted by molar-refractivity contribution is 0.632. The fourth-order valence-corrected chi connectivity index (χ4v) is 0.883. The number of nitrogens with zero attached hydrogens (tertiary/aromatic N) is 1. The molecule has 0 aliphatic rings. The van der Waals surface area contributed by atoms with Crippen molar-refractivity contribution in [2.45, 2.75) is 0 Å². The minimum Gasteiger partial charge on any atom is -0.289 e. The monoisotopic (exact) mass is 170 g/mol. The van der Waals surface area contributed by atoms with Gasteiger partial charge in [-0.3, -0.25) is 5.32 Å². The van der Waals surface area contributed by atoms with Crippen molar-refractivity contribution in [3.8, 4) is 6.19 Å². The predicted octanol–water partition coefficient (Wildman–Crippen LogP) is 2.37. The van der Waals surface area contributed by atoms with Gasteiger partial charge in [0.05, 0.1) is 5.02 Å². The predicted molar refractivity (Wildman–Crippen MR) is 40.6 cm³/mol. The van der Waals surface area contributed by atoms with E-state index in [0.29, 0.717) is 0 Å². The Kier molecular flexibility index (Phi) is 2.29. The van der Waals surface area contributed by atoms with Crippen LogP contribution in [0.2, 0.25) is 5.02 Å². The molecule has 1 rings (SSSR count). The zero-order valence-electron chi connectivity index (χ0n) is 5.44. The molecule has 1 aromatic carbocycles. The molecule has 0 atom stereocenters. The van der Waals surface area contributed by atoms with Crippen molar-refractivity contribution >= 4 is 17.3 Å². The molecule has 0 unspecified atom stereocenters. The van der Waals surface area contributed by atoms with Crippen molar-refractivity contribution in [2.24, 2.45) is 0 Å². The average Bonchev–Trinajstić information content (AvgIpc) is 1.97. The molecule has 11 heavy (non-hydrogen) atoms. The highest BCUT2D eigenvalue weighted by Crippen LogP contribution is 2.23. The van der Waals surface area contributed by atoms with Gasteiger partial charge in [0.2, 0.25) is 0 Å². The SMILES string of the molecule is N#CNc1c(F)cccc1Cl. The number of nitrogens with one attached hydrogen (secondary N) is 1. The summed E-state index contributed by atoms with van der Waals surface area (Å²) in [6, 6.07) is 4.20. The fourth-order valence-electron chi connectivity index (χ4n) is 0.673. The van der Waals surface area contributed by atoms with Gasteiger partial charge in [-0.1, -0.05) is 17.7 Å².